The van der Waals surface area contributed by atoms with Gasteiger partial charge in [-0.1, -0.05) is 6.07 Å². The lowest BCUT2D eigenvalue weighted by Gasteiger charge is -2.28. The molecule has 0 aromatic carbocycles. The third kappa shape index (κ3) is 6.92. The lowest BCUT2D eigenvalue weighted by molar-refractivity contribution is -0.149. The number of rotatable bonds is 9. The number of nitrogens with one attached hydrogen (secondary N) is 2. The van der Waals surface area contributed by atoms with Gasteiger partial charge in [0.1, 0.15) is 6.04 Å². The van der Waals surface area contributed by atoms with Crippen molar-refractivity contribution in [2.24, 2.45) is 0 Å². The van der Waals surface area contributed by atoms with Gasteiger partial charge in [0.15, 0.2) is 0 Å². The first-order valence-corrected chi connectivity index (χ1v) is 8.67. The summed E-state index contributed by atoms with van der Waals surface area (Å²) < 4.78 is 0. The minimum atomic E-state index is -1.14. The largest absolute Gasteiger partial charge is 0.480 e. The molecule has 2 unspecified atom stereocenters. The van der Waals surface area contributed by atoms with E-state index in [1.54, 1.807) is 6.07 Å². The molecule has 0 saturated carbocycles. The highest BCUT2D eigenvalue weighted by molar-refractivity contribution is 7.10. The van der Waals surface area contributed by atoms with Crippen LogP contribution in [-0.4, -0.2) is 52.8 Å². The van der Waals surface area contributed by atoms with Gasteiger partial charge in [0.2, 0.25) is 17.7 Å². The van der Waals surface area contributed by atoms with E-state index < -0.39 is 24.0 Å². The van der Waals surface area contributed by atoms with E-state index in [2.05, 4.69) is 10.6 Å². The number of carbonyl (C=O) groups excluding carboxylic acids is 3. The fourth-order valence-corrected chi connectivity index (χ4v) is 3.05. The quantitative estimate of drug-likeness (QED) is 0.594. The third-order valence-corrected chi connectivity index (χ3v) is 4.50. The van der Waals surface area contributed by atoms with Crippen LogP contribution in [0.4, 0.5) is 0 Å². The Morgan fingerprint density at radius 2 is 1.92 bits per heavy atom. The molecule has 0 saturated heterocycles. The lowest BCUT2D eigenvalue weighted by atomic mass is 10.1. The molecule has 0 aliphatic rings. The highest BCUT2D eigenvalue weighted by atomic mass is 32.1. The first kappa shape index (κ1) is 20.6. The normalized spacial score (nSPS) is 12.8. The van der Waals surface area contributed by atoms with Gasteiger partial charge >= 0.3 is 5.97 Å². The minimum absolute atomic E-state index is 0.0578. The van der Waals surface area contributed by atoms with E-state index in [0.717, 1.165) is 4.88 Å². The maximum atomic E-state index is 12.7. The van der Waals surface area contributed by atoms with Gasteiger partial charge in [0.25, 0.3) is 0 Å². The number of thiophene rings is 1. The van der Waals surface area contributed by atoms with E-state index in [-0.39, 0.29) is 31.3 Å². The van der Waals surface area contributed by atoms with Crippen molar-refractivity contribution in [3.63, 3.8) is 0 Å². The molecule has 0 spiro atoms. The van der Waals surface area contributed by atoms with Crippen molar-refractivity contribution in [2.45, 2.75) is 39.3 Å². The molecule has 9 heteroatoms. The van der Waals surface area contributed by atoms with Crippen LogP contribution in [0.3, 0.4) is 0 Å². The molecule has 0 aliphatic heterocycles. The van der Waals surface area contributed by atoms with Gasteiger partial charge in [-0.3, -0.25) is 14.4 Å². The average molecular weight is 369 g/mol. The maximum absolute atomic E-state index is 12.7. The molecular weight excluding hydrogens is 346 g/mol. The predicted molar refractivity (Wildman–Crippen MR) is 93.0 cm³/mol. The molecule has 1 aromatic heterocycles. The van der Waals surface area contributed by atoms with Crippen LogP contribution in [0.1, 0.15) is 38.1 Å². The number of carboxylic acids is 1. The molecule has 2 atom stereocenters. The Hall–Kier alpha value is -2.42. The van der Waals surface area contributed by atoms with Crippen molar-refractivity contribution in [2.75, 3.05) is 13.1 Å². The molecule has 0 bridgehead atoms. The molecular formula is C16H23N3O5S. The van der Waals surface area contributed by atoms with Crippen LogP contribution >= 0.6 is 11.3 Å². The number of carboxylic acid groups (broad SMARTS) is 1. The van der Waals surface area contributed by atoms with Gasteiger partial charge in [0.05, 0.1) is 12.5 Å². The fourth-order valence-electron chi connectivity index (χ4n) is 2.27. The summed E-state index contributed by atoms with van der Waals surface area (Å²) in [5, 5.41) is 16.3. The number of amides is 3. The Kier molecular flexibility index (Phi) is 8.06. The van der Waals surface area contributed by atoms with Gasteiger partial charge < -0.3 is 20.6 Å². The van der Waals surface area contributed by atoms with Crippen LogP contribution in [0.25, 0.3) is 0 Å². The Labute approximate surface area is 150 Å². The van der Waals surface area contributed by atoms with E-state index >= 15 is 0 Å². The standard InChI is InChI=1S/C16H23N3O5S/c1-10(16(23)24)19(7-6-17-11(2)20)15(22)9-13(18-12(3)21)14-5-4-8-25-14/h4-5,8,10,13H,6-7,9H2,1-3H3,(H,17,20)(H,18,21)(H,23,24). The molecule has 3 N–H and O–H groups in total. The summed E-state index contributed by atoms with van der Waals surface area (Å²) in [6, 6.07) is 2.06. The summed E-state index contributed by atoms with van der Waals surface area (Å²) in [7, 11) is 0. The van der Waals surface area contributed by atoms with Gasteiger partial charge in [-0.05, 0) is 18.4 Å². The molecule has 1 heterocycles. The molecule has 25 heavy (non-hydrogen) atoms. The molecule has 1 aromatic rings. The van der Waals surface area contributed by atoms with Crippen LogP contribution in [0.5, 0.6) is 0 Å². The molecule has 8 nitrogen and oxygen atoms in total. The highest BCUT2D eigenvalue weighted by Gasteiger charge is 2.28. The third-order valence-electron chi connectivity index (χ3n) is 3.51. The Balaban J connectivity index is 2.87. The molecule has 0 fully saturated rings. The van der Waals surface area contributed by atoms with Crippen molar-refractivity contribution >= 4 is 35.0 Å². The van der Waals surface area contributed by atoms with Crippen molar-refractivity contribution < 1.29 is 24.3 Å². The number of hydrogen-bond donors (Lipinski definition) is 3. The zero-order valence-electron chi connectivity index (χ0n) is 14.4. The van der Waals surface area contributed by atoms with E-state index in [0.29, 0.717) is 0 Å². The number of carbonyl (C=O) groups is 4. The monoisotopic (exact) mass is 369 g/mol. The zero-order valence-corrected chi connectivity index (χ0v) is 15.3. The van der Waals surface area contributed by atoms with E-state index in [1.807, 2.05) is 11.4 Å². The summed E-state index contributed by atoms with van der Waals surface area (Å²) >= 11 is 1.40. The van der Waals surface area contributed by atoms with Gasteiger partial charge in [-0.2, -0.15) is 0 Å². The predicted octanol–water partition coefficient (Wildman–Crippen LogP) is 0.753. The molecule has 138 valence electrons. The van der Waals surface area contributed by atoms with Crippen LogP contribution in [-0.2, 0) is 19.2 Å². The average Bonchev–Trinajstić information content (AvgIpc) is 3.03. The topological polar surface area (TPSA) is 116 Å². The molecule has 0 radical (unpaired) electrons. The van der Waals surface area contributed by atoms with E-state index in [4.69, 9.17) is 0 Å². The van der Waals surface area contributed by atoms with Crippen molar-refractivity contribution in [3.05, 3.63) is 22.4 Å². The highest BCUT2D eigenvalue weighted by Crippen LogP contribution is 2.23. The van der Waals surface area contributed by atoms with E-state index in [9.17, 15) is 24.3 Å². The fraction of sp³-hybridized carbons (Fsp3) is 0.500. The number of hydrogen-bond acceptors (Lipinski definition) is 5. The number of nitrogens with zero attached hydrogens (tertiary/aromatic N) is 1. The van der Waals surface area contributed by atoms with Crippen LogP contribution in [0.15, 0.2) is 17.5 Å². The smallest absolute Gasteiger partial charge is 0.326 e. The summed E-state index contributed by atoms with van der Waals surface area (Å²) in [6.07, 6.45) is -0.0578. The van der Waals surface area contributed by atoms with Crippen LogP contribution < -0.4 is 10.6 Å². The van der Waals surface area contributed by atoms with Gasteiger partial charge in [0, 0.05) is 31.8 Å². The van der Waals surface area contributed by atoms with Crippen LogP contribution in [0.2, 0.25) is 0 Å². The van der Waals surface area contributed by atoms with Crippen molar-refractivity contribution in [1.82, 2.24) is 15.5 Å². The first-order chi connectivity index (χ1) is 11.7. The number of aliphatic carboxylic acids is 1. The zero-order chi connectivity index (χ0) is 19.0. The molecule has 1 rings (SSSR count). The summed E-state index contributed by atoms with van der Waals surface area (Å²) in [4.78, 5) is 48.3. The summed E-state index contributed by atoms with van der Waals surface area (Å²) in [6.45, 7) is 4.34. The van der Waals surface area contributed by atoms with Crippen molar-refractivity contribution in [1.29, 1.82) is 0 Å². The van der Waals surface area contributed by atoms with Crippen LogP contribution in [0, 0.1) is 0 Å². The molecule has 0 aliphatic carbocycles. The summed E-state index contributed by atoms with van der Waals surface area (Å²) in [5.74, 6) is -2.08. The van der Waals surface area contributed by atoms with Gasteiger partial charge in [-0.15, -0.1) is 11.3 Å². The summed E-state index contributed by atoms with van der Waals surface area (Å²) in [5.41, 5.74) is 0. The minimum Gasteiger partial charge on any atom is -0.480 e. The second kappa shape index (κ2) is 9.77. The van der Waals surface area contributed by atoms with Crippen molar-refractivity contribution in [3.8, 4) is 0 Å². The second-order valence-corrected chi connectivity index (χ2v) is 6.54. The SMILES string of the molecule is CC(=O)NCCN(C(=O)CC(NC(C)=O)c1cccs1)C(C)C(=O)O. The maximum Gasteiger partial charge on any atom is 0.326 e. The lowest BCUT2D eigenvalue weighted by Crippen LogP contribution is -2.47. The Bertz CT molecular complexity index is 617. The first-order valence-electron chi connectivity index (χ1n) is 7.79. The Morgan fingerprint density at radius 1 is 1.24 bits per heavy atom. The second-order valence-electron chi connectivity index (χ2n) is 5.56. The van der Waals surface area contributed by atoms with Gasteiger partial charge in [-0.25, -0.2) is 4.79 Å². The molecule has 3 amide bonds. The Morgan fingerprint density at radius 3 is 2.40 bits per heavy atom. The van der Waals surface area contributed by atoms with E-state index in [1.165, 1.54) is 37.0 Å².